The highest BCUT2D eigenvalue weighted by Gasteiger charge is 2.57. The molecule has 0 radical (unpaired) electrons. The molecule has 1 heterocycles. The van der Waals surface area contributed by atoms with E-state index in [0.29, 0.717) is 0 Å². The van der Waals surface area contributed by atoms with Crippen LogP contribution in [0.4, 0.5) is 4.39 Å². The fraction of sp³-hybridized carbons (Fsp3) is 0.467. The largest absolute Gasteiger partial charge is 0.343 e. The molecule has 1 saturated carbocycles. The van der Waals surface area contributed by atoms with Crippen LogP contribution in [-0.4, -0.2) is 17.2 Å². The highest BCUT2D eigenvalue weighted by Crippen LogP contribution is 2.45. The molecule has 1 aliphatic carbocycles. The zero-order chi connectivity index (χ0) is 13.8. The summed E-state index contributed by atoms with van der Waals surface area (Å²) in [4.78, 5) is 24.6. The van der Waals surface area contributed by atoms with E-state index in [-0.39, 0.29) is 23.2 Å². The van der Waals surface area contributed by atoms with Gasteiger partial charge in [0.2, 0.25) is 5.91 Å². The number of carbonyl (C=O) groups is 2. The Bertz CT molecular complexity index is 580. The van der Waals surface area contributed by atoms with Gasteiger partial charge in [0.25, 0.3) is 0 Å². The Labute approximate surface area is 111 Å². The minimum Gasteiger partial charge on any atom is -0.343 e. The standard InChI is InChI=1S/C15H16FNO2/c1-8-3-6-10(11(16)7-8)12-13(18)15(2,9-4-5-9)17-14(12)19/h3,6-7,9,12H,4-5H2,1-2H3,(H,17,19). The Morgan fingerprint density at radius 2 is 2.00 bits per heavy atom. The van der Waals surface area contributed by atoms with Gasteiger partial charge in [0.15, 0.2) is 5.78 Å². The van der Waals surface area contributed by atoms with Crippen LogP contribution in [0.25, 0.3) is 0 Å². The van der Waals surface area contributed by atoms with Crippen molar-refractivity contribution in [2.45, 2.75) is 38.1 Å². The van der Waals surface area contributed by atoms with Gasteiger partial charge in [0, 0.05) is 5.56 Å². The zero-order valence-corrected chi connectivity index (χ0v) is 11.0. The summed E-state index contributed by atoms with van der Waals surface area (Å²) in [6.45, 7) is 3.54. The number of Topliss-reactive ketones (excluding diaryl/α,β-unsaturated/α-hetero) is 1. The van der Waals surface area contributed by atoms with Crippen molar-refractivity contribution in [3.8, 4) is 0 Å². The van der Waals surface area contributed by atoms with Crippen molar-refractivity contribution in [1.29, 1.82) is 0 Å². The van der Waals surface area contributed by atoms with Crippen LogP contribution in [0, 0.1) is 18.7 Å². The van der Waals surface area contributed by atoms with Crippen molar-refractivity contribution < 1.29 is 14.0 Å². The van der Waals surface area contributed by atoms with E-state index >= 15 is 0 Å². The zero-order valence-electron chi connectivity index (χ0n) is 11.0. The molecule has 0 spiro atoms. The normalized spacial score (nSPS) is 30.6. The molecule has 2 aliphatic rings. The van der Waals surface area contributed by atoms with Crippen LogP contribution in [-0.2, 0) is 9.59 Å². The SMILES string of the molecule is Cc1ccc(C2C(=O)NC(C)(C3CC3)C2=O)c(F)c1. The van der Waals surface area contributed by atoms with Gasteiger partial charge in [-0.3, -0.25) is 9.59 Å². The van der Waals surface area contributed by atoms with Crippen molar-refractivity contribution >= 4 is 11.7 Å². The Balaban J connectivity index is 2.01. The summed E-state index contributed by atoms with van der Waals surface area (Å²) in [6, 6.07) is 4.64. The van der Waals surface area contributed by atoms with Gasteiger partial charge in [0.05, 0.1) is 5.54 Å². The molecule has 100 valence electrons. The third-order valence-electron chi connectivity index (χ3n) is 4.28. The number of halogens is 1. The molecule has 1 aromatic carbocycles. The van der Waals surface area contributed by atoms with Crippen molar-refractivity contribution in [1.82, 2.24) is 5.32 Å². The molecule has 1 N–H and O–H groups in total. The van der Waals surface area contributed by atoms with Crippen molar-refractivity contribution in [3.63, 3.8) is 0 Å². The predicted octanol–water partition coefficient (Wildman–Crippen LogP) is 2.09. The molecule has 2 atom stereocenters. The summed E-state index contributed by atoms with van der Waals surface area (Å²) in [5.74, 6) is -1.83. The predicted molar refractivity (Wildman–Crippen MR) is 68.2 cm³/mol. The van der Waals surface area contributed by atoms with E-state index in [0.717, 1.165) is 18.4 Å². The van der Waals surface area contributed by atoms with Crippen LogP contribution < -0.4 is 5.32 Å². The minimum atomic E-state index is -0.994. The smallest absolute Gasteiger partial charge is 0.236 e. The van der Waals surface area contributed by atoms with Gasteiger partial charge in [0.1, 0.15) is 11.7 Å². The van der Waals surface area contributed by atoms with Crippen LogP contribution in [0.1, 0.15) is 36.8 Å². The third kappa shape index (κ3) is 1.78. The summed E-state index contributed by atoms with van der Waals surface area (Å²) < 4.78 is 14.0. The quantitative estimate of drug-likeness (QED) is 0.828. The fourth-order valence-electron chi connectivity index (χ4n) is 2.92. The second-order valence-corrected chi connectivity index (χ2v) is 5.79. The Hall–Kier alpha value is -1.71. The van der Waals surface area contributed by atoms with E-state index in [9.17, 15) is 14.0 Å². The topological polar surface area (TPSA) is 46.2 Å². The number of rotatable bonds is 2. The van der Waals surface area contributed by atoms with E-state index in [4.69, 9.17) is 0 Å². The molecule has 4 heteroatoms. The maximum absolute atomic E-state index is 14.0. The molecule has 1 aliphatic heterocycles. The molecule has 1 aromatic rings. The lowest BCUT2D eigenvalue weighted by molar-refractivity contribution is -0.125. The molecular weight excluding hydrogens is 245 g/mol. The second kappa shape index (κ2) is 3.89. The molecule has 3 nitrogen and oxygen atoms in total. The number of benzene rings is 1. The summed E-state index contributed by atoms with van der Waals surface area (Å²) in [5, 5.41) is 2.78. The van der Waals surface area contributed by atoms with Gasteiger partial charge >= 0.3 is 0 Å². The van der Waals surface area contributed by atoms with Gasteiger partial charge in [-0.2, -0.15) is 0 Å². The average molecular weight is 261 g/mol. The van der Waals surface area contributed by atoms with Gasteiger partial charge in [-0.1, -0.05) is 12.1 Å². The Morgan fingerprint density at radius 1 is 1.32 bits per heavy atom. The maximum atomic E-state index is 14.0. The van der Waals surface area contributed by atoms with E-state index < -0.39 is 17.3 Å². The van der Waals surface area contributed by atoms with Crippen LogP contribution in [0.2, 0.25) is 0 Å². The van der Waals surface area contributed by atoms with Crippen LogP contribution in [0.5, 0.6) is 0 Å². The molecule has 19 heavy (non-hydrogen) atoms. The summed E-state index contributed by atoms with van der Waals surface area (Å²) >= 11 is 0. The lowest BCUT2D eigenvalue weighted by atomic mass is 9.85. The average Bonchev–Trinajstić information content (AvgIpc) is 3.13. The van der Waals surface area contributed by atoms with Gasteiger partial charge in [-0.15, -0.1) is 0 Å². The molecule has 3 rings (SSSR count). The summed E-state index contributed by atoms with van der Waals surface area (Å²) in [6.07, 6.45) is 1.90. The van der Waals surface area contributed by atoms with Gasteiger partial charge in [-0.25, -0.2) is 4.39 Å². The summed E-state index contributed by atoms with van der Waals surface area (Å²) in [7, 11) is 0. The van der Waals surface area contributed by atoms with E-state index in [1.165, 1.54) is 6.07 Å². The molecule has 0 bridgehead atoms. The Morgan fingerprint density at radius 3 is 2.58 bits per heavy atom. The number of amides is 1. The third-order valence-corrected chi connectivity index (χ3v) is 4.28. The molecular formula is C15H16FNO2. The maximum Gasteiger partial charge on any atom is 0.236 e. The number of carbonyl (C=O) groups excluding carboxylic acids is 2. The van der Waals surface area contributed by atoms with E-state index in [2.05, 4.69) is 5.32 Å². The monoisotopic (exact) mass is 261 g/mol. The number of nitrogens with one attached hydrogen (secondary N) is 1. The van der Waals surface area contributed by atoms with E-state index in [1.807, 2.05) is 0 Å². The first kappa shape index (κ1) is 12.3. The lowest BCUT2D eigenvalue weighted by Crippen LogP contribution is -2.45. The van der Waals surface area contributed by atoms with Gasteiger partial charge in [-0.05, 0) is 44.2 Å². The van der Waals surface area contributed by atoms with Gasteiger partial charge < -0.3 is 5.32 Å². The number of hydrogen-bond acceptors (Lipinski definition) is 2. The molecule has 2 fully saturated rings. The number of hydrogen-bond donors (Lipinski definition) is 1. The number of aryl methyl sites for hydroxylation is 1. The van der Waals surface area contributed by atoms with Crippen LogP contribution in [0.15, 0.2) is 18.2 Å². The number of ketones is 1. The molecule has 1 saturated heterocycles. The molecule has 1 amide bonds. The highest BCUT2D eigenvalue weighted by molar-refractivity contribution is 6.17. The second-order valence-electron chi connectivity index (χ2n) is 5.79. The summed E-state index contributed by atoms with van der Waals surface area (Å²) in [5.41, 5.74) is 0.161. The first-order valence-corrected chi connectivity index (χ1v) is 6.56. The van der Waals surface area contributed by atoms with E-state index in [1.54, 1.807) is 26.0 Å². The molecule has 2 unspecified atom stereocenters. The first-order chi connectivity index (χ1) is 8.93. The molecule has 0 aromatic heterocycles. The fourth-order valence-corrected chi connectivity index (χ4v) is 2.92. The van der Waals surface area contributed by atoms with Crippen molar-refractivity contribution in [2.24, 2.45) is 5.92 Å². The first-order valence-electron chi connectivity index (χ1n) is 6.56. The van der Waals surface area contributed by atoms with Crippen LogP contribution in [0.3, 0.4) is 0 Å². The Kier molecular flexibility index (Phi) is 2.52. The lowest BCUT2D eigenvalue weighted by Gasteiger charge is -2.21. The highest BCUT2D eigenvalue weighted by atomic mass is 19.1. The van der Waals surface area contributed by atoms with Crippen molar-refractivity contribution in [2.75, 3.05) is 0 Å². The van der Waals surface area contributed by atoms with Crippen LogP contribution >= 0.6 is 0 Å². The van der Waals surface area contributed by atoms with Crippen molar-refractivity contribution in [3.05, 3.63) is 35.1 Å². The minimum absolute atomic E-state index is 0.192.